The minimum absolute atomic E-state index is 0. The first kappa shape index (κ1) is 23.1. The maximum absolute atomic E-state index is 4.82. The van der Waals surface area contributed by atoms with Crippen LogP contribution in [0.5, 0.6) is 0 Å². The number of nitrogens with zero attached hydrogens (tertiary/aromatic N) is 6. The molecule has 1 atom stereocenters. The monoisotopic (exact) mass is 477 g/mol. The third-order valence-electron chi connectivity index (χ3n) is 5.12. The smallest absolute Gasteiger partial charge is 0.194 e. The number of aromatic nitrogens is 3. The van der Waals surface area contributed by atoms with E-state index >= 15 is 0 Å². The van der Waals surface area contributed by atoms with Gasteiger partial charge in [0.05, 0.1) is 0 Å². The Labute approximate surface area is 175 Å². The third kappa shape index (κ3) is 6.37. The molecule has 0 aliphatic carbocycles. The molecule has 150 valence electrons. The molecule has 2 heterocycles. The van der Waals surface area contributed by atoms with Crippen molar-refractivity contribution in [3.8, 4) is 0 Å². The van der Waals surface area contributed by atoms with Gasteiger partial charge >= 0.3 is 0 Å². The van der Waals surface area contributed by atoms with Crippen LogP contribution in [0, 0.1) is 6.92 Å². The van der Waals surface area contributed by atoms with Gasteiger partial charge in [0.25, 0.3) is 0 Å². The molecule has 0 spiro atoms. The molecule has 1 N–H and O–H groups in total. The van der Waals surface area contributed by atoms with E-state index in [2.05, 4.69) is 46.2 Å². The summed E-state index contributed by atoms with van der Waals surface area (Å²) in [5.74, 6) is 2.79. The number of unbranched alkanes of at least 4 members (excludes halogenated alkanes) is 1. The zero-order chi connectivity index (χ0) is 18.2. The van der Waals surface area contributed by atoms with E-state index in [4.69, 9.17) is 4.99 Å². The lowest BCUT2D eigenvalue weighted by molar-refractivity contribution is 0.232. The molecule has 0 amide bonds. The number of aliphatic imine (C=N–C) groups is 1. The first-order chi connectivity index (χ1) is 12.1. The summed E-state index contributed by atoms with van der Waals surface area (Å²) in [5, 5.41) is 11.9. The van der Waals surface area contributed by atoms with Gasteiger partial charge in [-0.25, -0.2) is 4.99 Å². The van der Waals surface area contributed by atoms with Crippen molar-refractivity contribution in [1.82, 2.24) is 29.9 Å². The lowest BCUT2D eigenvalue weighted by atomic mass is 10.2. The molecular weight excluding hydrogens is 441 g/mol. The molecule has 1 aromatic heterocycles. The molecule has 1 fully saturated rings. The summed E-state index contributed by atoms with van der Waals surface area (Å²) in [6.45, 7) is 11.3. The number of guanidine groups is 1. The SMILES string of the molecule is CCCCNC(=NCc1nnc(C)n1C)N(C)CC1CCCN1CC.I. The van der Waals surface area contributed by atoms with Gasteiger partial charge in [-0.05, 0) is 39.3 Å². The standard InChI is InChI=1S/C18H35N7.HI/c1-6-8-11-19-18(20-13-17-22-21-15(3)24(17)5)23(4)14-16-10-9-12-25(16)7-2;/h16H,6-14H2,1-5H3,(H,19,20);1H. The molecule has 1 unspecified atom stereocenters. The van der Waals surface area contributed by atoms with E-state index in [1.807, 2.05) is 18.5 Å². The van der Waals surface area contributed by atoms with E-state index in [-0.39, 0.29) is 24.0 Å². The fraction of sp³-hybridized carbons (Fsp3) is 0.833. The average molecular weight is 477 g/mol. The zero-order valence-electron chi connectivity index (χ0n) is 17.0. The topological polar surface area (TPSA) is 61.6 Å². The highest BCUT2D eigenvalue weighted by Gasteiger charge is 2.25. The summed E-state index contributed by atoms with van der Waals surface area (Å²) in [6.07, 6.45) is 4.92. The van der Waals surface area contributed by atoms with E-state index in [9.17, 15) is 0 Å². The molecule has 1 saturated heterocycles. The fourth-order valence-corrected chi connectivity index (χ4v) is 3.34. The van der Waals surface area contributed by atoms with E-state index in [0.29, 0.717) is 12.6 Å². The minimum Gasteiger partial charge on any atom is -0.356 e. The predicted molar refractivity (Wildman–Crippen MR) is 118 cm³/mol. The number of halogens is 1. The van der Waals surface area contributed by atoms with Crippen molar-refractivity contribution in [2.24, 2.45) is 12.0 Å². The number of likely N-dealkylation sites (tertiary alicyclic amines) is 1. The number of hydrogen-bond donors (Lipinski definition) is 1. The second-order valence-corrected chi connectivity index (χ2v) is 6.95. The molecule has 0 aromatic carbocycles. The number of nitrogens with one attached hydrogen (secondary N) is 1. The lowest BCUT2D eigenvalue weighted by Gasteiger charge is -2.30. The predicted octanol–water partition coefficient (Wildman–Crippen LogP) is 2.40. The Hall–Kier alpha value is -0.900. The van der Waals surface area contributed by atoms with Crippen molar-refractivity contribution in [3.63, 3.8) is 0 Å². The molecular formula is C18H36IN7. The summed E-state index contributed by atoms with van der Waals surface area (Å²) in [4.78, 5) is 9.67. The third-order valence-corrected chi connectivity index (χ3v) is 5.12. The highest BCUT2D eigenvalue weighted by atomic mass is 127. The first-order valence-electron chi connectivity index (χ1n) is 9.65. The van der Waals surface area contributed by atoms with Gasteiger partial charge in [-0.3, -0.25) is 4.90 Å². The van der Waals surface area contributed by atoms with Crippen LogP contribution in [-0.2, 0) is 13.6 Å². The molecule has 0 bridgehead atoms. The second-order valence-electron chi connectivity index (χ2n) is 6.95. The van der Waals surface area contributed by atoms with Gasteiger partial charge in [0.15, 0.2) is 11.8 Å². The van der Waals surface area contributed by atoms with Crippen LogP contribution in [0.4, 0.5) is 0 Å². The molecule has 0 saturated carbocycles. The van der Waals surface area contributed by atoms with Crippen molar-refractivity contribution < 1.29 is 0 Å². The van der Waals surface area contributed by atoms with Gasteiger partial charge in [-0.15, -0.1) is 34.2 Å². The lowest BCUT2D eigenvalue weighted by Crippen LogP contribution is -2.46. The van der Waals surface area contributed by atoms with Gasteiger partial charge < -0.3 is 14.8 Å². The molecule has 8 heteroatoms. The first-order valence-corrected chi connectivity index (χ1v) is 9.65. The number of aryl methyl sites for hydroxylation is 1. The van der Waals surface area contributed by atoms with Gasteiger partial charge in [-0.2, -0.15) is 0 Å². The van der Waals surface area contributed by atoms with Crippen LogP contribution in [0.1, 0.15) is 51.2 Å². The van der Waals surface area contributed by atoms with Crippen LogP contribution in [-0.4, -0.2) is 69.8 Å². The van der Waals surface area contributed by atoms with Crippen LogP contribution in [0.25, 0.3) is 0 Å². The fourth-order valence-electron chi connectivity index (χ4n) is 3.34. The Morgan fingerprint density at radius 1 is 1.35 bits per heavy atom. The van der Waals surface area contributed by atoms with E-state index in [1.54, 1.807) is 0 Å². The maximum Gasteiger partial charge on any atom is 0.194 e. The summed E-state index contributed by atoms with van der Waals surface area (Å²) in [5.41, 5.74) is 0. The van der Waals surface area contributed by atoms with Crippen molar-refractivity contribution in [2.75, 3.05) is 33.2 Å². The molecule has 7 nitrogen and oxygen atoms in total. The zero-order valence-corrected chi connectivity index (χ0v) is 19.4. The quantitative estimate of drug-likeness (QED) is 0.270. The Kier molecular flexibility index (Phi) is 10.4. The molecule has 26 heavy (non-hydrogen) atoms. The summed E-state index contributed by atoms with van der Waals surface area (Å²) in [6, 6.07) is 0.630. The number of likely N-dealkylation sites (N-methyl/N-ethyl adjacent to an activating group) is 2. The van der Waals surface area contributed by atoms with Crippen molar-refractivity contribution in [2.45, 2.75) is 59.0 Å². The minimum atomic E-state index is 0. The molecule has 2 rings (SSSR count). The van der Waals surface area contributed by atoms with Crippen molar-refractivity contribution in [1.29, 1.82) is 0 Å². The van der Waals surface area contributed by atoms with Gasteiger partial charge in [-0.1, -0.05) is 20.3 Å². The highest BCUT2D eigenvalue weighted by molar-refractivity contribution is 14.0. The van der Waals surface area contributed by atoms with Gasteiger partial charge in [0.2, 0.25) is 0 Å². The largest absolute Gasteiger partial charge is 0.356 e. The van der Waals surface area contributed by atoms with Crippen LogP contribution < -0.4 is 5.32 Å². The highest BCUT2D eigenvalue weighted by Crippen LogP contribution is 2.17. The average Bonchev–Trinajstić information content (AvgIpc) is 3.18. The van der Waals surface area contributed by atoms with Crippen LogP contribution in [0.2, 0.25) is 0 Å². The second kappa shape index (κ2) is 11.7. The van der Waals surface area contributed by atoms with Crippen LogP contribution in [0.3, 0.4) is 0 Å². The Morgan fingerprint density at radius 3 is 2.73 bits per heavy atom. The molecule has 1 aromatic rings. The molecule has 0 radical (unpaired) electrons. The summed E-state index contributed by atoms with van der Waals surface area (Å²) in [7, 11) is 4.14. The van der Waals surface area contributed by atoms with Crippen molar-refractivity contribution >= 4 is 29.9 Å². The van der Waals surface area contributed by atoms with Gasteiger partial charge in [0, 0.05) is 33.2 Å². The normalized spacial score (nSPS) is 18.0. The summed E-state index contributed by atoms with van der Waals surface area (Å²) >= 11 is 0. The Morgan fingerprint density at radius 2 is 2.12 bits per heavy atom. The van der Waals surface area contributed by atoms with E-state index in [1.165, 1.54) is 25.8 Å². The maximum atomic E-state index is 4.82. The Balaban J connectivity index is 0.00000338. The summed E-state index contributed by atoms with van der Waals surface area (Å²) < 4.78 is 2.00. The number of rotatable bonds is 8. The van der Waals surface area contributed by atoms with Gasteiger partial charge in [0.1, 0.15) is 12.4 Å². The van der Waals surface area contributed by atoms with Crippen molar-refractivity contribution in [3.05, 3.63) is 11.6 Å². The van der Waals surface area contributed by atoms with E-state index < -0.39 is 0 Å². The Bertz CT molecular complexity index is 558. The molecule has 1 aliphatic heterocycles. The van der Waals surface area contributed by atoms with Crippen LogP contribution >= 0.6 is 24.0 Å². The van der Waals surface area contributed by atoms with E-state index in [0.717, 1.165) is 43.7 Å². The number of hydrogen-bond acceptors (Lipinski definition) is 4. The molecule has 1 aliphatic rings. The van der Waals surface area contributed by atoms with Crippen LogP contribution in [0.15, 0.2) is 4.99 Å².